The van der Waals surface area contributed by atoms with Crippen molar-refractivity contribution in [2.45, 2.75) is 77.9 Å². The number of rotatable bonds is 11. The van der Waals surface area contributed by atoms with Crippen LogP contribution in [0.25, 0.3) is 0 Å². The molecule has 7 heteroatoms. The summed E-state index contributed by atoms with van der Waals surface area (Å²) < 4.78 is 12.4. The number of aryl methyl sites for hydroxylation is 1. The van der Waals surface area contributed by atoms with Crippen LogP contribution in [0.5, 0.6) is 11.5 Å². The lowest BCUT2D eigenvalue weighted by molar-refractivity contribution is -0.119. The number of ether oxygens (including phenoxy) is 2. The van der Waals surface area contributed by atoms with Crippen molar-refractivity contribution in [3.05, 3.63) is 130 Å². The molecule has 2 aliphatic rings. The van der Waals surface area contributed by atoms with Crippen LogP contribution in [0, 0.1) is 6.92 Å². The molecular formula is C41H43ClN2O4. The van der Waals surface area contributed by atoms with Gasteiger partial charge in [0.05, 0.1) is 24.0 Å². The number of amides is 1. The van der Waals surface area contributed by atoms with Crippen LogP contribution in [0.4, 0.5) is 11.4 Å². The van der Waals surface area contributed by atoms with Gasteiger partial charge in [0.1, 0.15) is 6.61 Å². The summed E-state index contributed by atoms with van der Waals surface area (Å²) in [6.45, 7) is 6.91. The molecule has 4 aromatic carbocycles. The van der Waals surface area contributed by atoms with E-state index in [1.165, 1.54) is 5.56 Å². The highest BCUT2D eigenvalue weighted by molar-refractivity contribution is 6.30. The van der Waals surface area contributed by atoms with Gasteiger partial charge in [-0.1, -0.05) is 91.5 Å². The van der Waals surface area contributed by atoms with Crippen molar-refractivity contribution >= 4 is 34.7 Å². The summed E-state index contributed by atoms with van der Waals surface area (Å²) in [6, 6.07) is 29.0. The molecule has 0 spiro atoms. The first kappa shape index (κ1) is 33.4. The first-order valence-electron chi connectivity index (χ1n) is 17.0. The highest BCUT2D eigenvalue weighted by Crippen LogP contribution is 2.48. The fourth-order valence-corrected chi connectivity index (χ4v) is 6.85. The molecule has 0 saturated heterocycles. The molecule has 1 amide bonds. The van der Waals surface area contributed by atoms with Crippen molar-refractivity contribution in [1.29, 1.82) is 0 Å². The number of allylic oxidation sites excluding steroid dienone is 1. The summed E-state index contributed by atoms with van der Waals surface area (Å²) in [5.74, 6) is 1.22. The minimum Gasteiger partial charge on any atom is -0.490 e. The van der Waals surface area contributed by atoms with Gasteiger partial charge in [0, 0.05) is 29.1 Å². The largest absolute Gasteiger partial charge is 0.490 e. The Morgan fingerprint density at radius 2 is 1.62 bits per heavy atom. The highest BCUT2D eigenvalue weighted by atomic mass is 35.5. The molecule has 0 bridgehead atoms. The topological polar surface area (TPSA) is 67.9 Å². The molecule has 6 nitrogen and oxygen atoms in total. The van der Waals surface area contributed by atoms with Gasteiger partial charge in [-0.15, -0.1) is 0 Å². The number of carbonyl (C=O) groups excluding carboxylic acids is 2. The van der Waals surface area contributed by atoms with E-state index in [1.807, 2.05) is 78.6 Å². The highest BCUT2D eigenvalue weighted by Gasteiger charge is 2.41. The molecule has 4 aromatic rings. The van der Waals surface area contributed by atoms with Gasteiger partial charge in [0.2, 0.25) is 5.91 Å². The second kappa shape index (κ2) is 15.1. The quantitative estimate of drug-likeness (QED) is 0.162. The average Bonchev–Trinajstić information content (AvgIpc) is 3.24. The van der Waals surface area contributed by atoms with E-state index in [1.54, 1.807) is 0 Å². The monoisotopic (exact) mass is 662 g/mol. The predicted molar refractivity (Wildman–Crippen MR) is 193 cm³/mol. The zero-order chi connectivity index (χ0) is 33.6. The van der Waals surface area contributed by atoms with Crippen LogP contribution >= 0.6 is 11.6 Å². The predicted octanol–water partition coefficient (Wildman–Crippen LogP) is 10.1. The van der Waals surface area contributed by atoms with Crippen molar-refractivity contribution < 1.29 is 19.1 Å². The van der Waals surface area contributed by atoms with Crippen LogP contribution in [-0.4, -0.2) is 18.3 Å². The summed E-state index contributed by atoms with van der Waals surface area (Å²) in [4.78, 5) is 30.6. The van der Waals surface area contributed by atoms with E-state index in [0.717, 1.165) is 53.0 Å². The van der Waals surface area contributed by atoms with E-state index >= 15 is 0 Å². The van der Waals surface area contributed by atoms with E-state index in [-0.39, 0.29) is 17.6 Å². The van der Waals surface area contributed by atoms with Crippen LogP contribution in [0.1, 0.15) is 86.6 Å². The average molecular weight is 663 g/mol. The lowest BCUT2D eigenvalue weighted by atomic mass is 9.78. The molecular weight excluding hydrogens is 620 g/mol. The molecule has 248 valence electrons. The molecule has 2 unspecified atom stereocenters. The molecule has 6 rings (SSSR count). The number of benzene rings is 4. The summed E-state index contributed by atoms with van der Waals surface area (Å²) in [5, 5.41) is 4.32. The Bertz CT molecular complexity index is 1800. The zero-order valence-corrected chi connectivity index (χ0v) is 28.7. The van der Waals surface area contributed by atoms with E-state index in [9.17, 15) is 9.59 Å². The number of para-hydroxylation sites is 2. The van der Waals surface area contributed by atoms with Gasteiger partial charge in [-0.25, -0.2) is 0 Å². The Kier molecular flexibility index (Phi) is 10.5. The lowest BCUT2D eigenvalue weighted by Gasteiger charge is -2.35. The summed E-state index contributed by atoms with van der Waals surface area (Å²) in [5.41, 5.74) is 7.19. The molecule has 1 heterocycles. The standard InChI is InChI=1S/C41H43ClN2O4/c1-4-6-7-12-39(46)44-35-11-9-8-10-33(35)43-34-23-31(29-17-13-27(3)14-18-29)24-36(45)40(34)41(44)30-19-22-37(38(25-30)47-5-2)48-26-28-15-20-32(42)21-16-28/h8-11,13-22,25,31,41,43H,4-7,12,23-24,26H2,1-3H3. The third-order valence-electron chi connectivity index (χ3n) is 9.19. The van der Waals surface area contributed by atoms with Crippen molar-refractivity contribution in [1.82, 2.24) is 0 Å². The fourth-order valence-electron chi connectivity index (χ4n) is 6.73. The second-order valence-electron chi connectivity index (χ2n) is 12.7. The summed E-state index contributed by atoms with van der Waals surface area (Å²) in [6.07, 6.45) is 4.18. The smallest absolute Gasteiger partial charge is 0.227 e. The number of anilines is 2. The minimum atomic E-state index is -0.638. The van der Waals surface area contributed by atoms with E-state index < -0.39 is 6.04 Å². The maximum atomic E-state index is 14.5. The minimum absolute atomic E-state index is 0.00840. The SMILES string of the molecule is CCCCCC(=O)N1c2ccccc2NC2=C(C(=O)CC(c3ccc(C)cc3)C2)C1c1ccc(OCc2ccc(Cl)cc2)c(OCC)c1. The van der Waals surface area contributed by atoms with E-state index in [4.69, 9.17) is 21.1 Å². The Morgan fingerprint density at radius 3 is 2.38 bits per heavy atom. The Balaban J connectivity index is 1.45. The fraction of sp³-hybridized carbons (Fsp3) is 0.317. The maximum absolute atomic E-state index is 14.5. The summed E-state index contributed by atoms with van der Waals surface area (Å²) in [7, 11) is 0. The van der Waals surface area contributed by atoms with Gasteiger partial charge < -0.3 is 14.8 Å². The van der Waals surface area contributed by atoms with Gasteiger partial charge in [-0.2, -0.15) is 0 Å². The first-order valence-corrected chi connectivity index (χ1v) is 17.4. The second-order valence-corrected chi connectivity index (χ2v) is 13.1. The molecule has 0 fully saturated rings. The Hall–Kier alpha value is -4.55. The van der Waals surface area contributed by atoms with E-state index in [2.05, 4.69) is 43.4 Å². The van der Waals surface area contributed by atoms with Crippen molar-refractivity contribution in [3.8, 4) is 11.5 Å². The van der Waals surface area contributed by atoms with Gasteiger partial charge in [0.25, 0.3) is 0 Å². The molecule has 0 radical (unpaired) electrons. The number of hydrogen-bond acceptors (Lipinski definition) is 5. The number of halogens is 1. The first-order chi connectivity index (χ1) is 23.4. The molecule has 1 aliphatic heterocycles. The molecule has 0 aromatic heterocycles. The third kappa shape index (κ3) is 7.29. The van der Waals surface area contributed by atoms with Crippen molar-refractivity contribution in [3.63, 3.8) is 0 Å². The molecule has 0 saturated carbocycles. The molecule has 48 heavy (non-hydrogen) atoms. The number of ketones is 1. The van der Waals surface area contributed by atoms with Gasteiger partial charge in [-0.05, 0) is 85.7 Å². The number of nitrogens with one attached hydrogen (secondary N) is 1. The number of fused-ring (bicyclic) bond motifs is 1. The molecule has 1 N–H and O–H groups in total. The Morgan fingerprint density at radius 1 is 0.875 bits per heavy atom. The van der Waals surface area contributed by atoms with Crippen molar-refractivity contribution in [2.75, 3.05) is 16.8 Å². The van der Waals surface area contributed by atoms with E-state index in [0.29, 0.717) is 54.6 Å². The zero-order valence-electron chi connectivity index (χ0n) is 27.9. The van der Waals surface area contributed by atoms with Crippen LogP contribution in [-0.2, 0) is 16.2 Å². The Labute approximate surface area is 288 Å². The van der Waals surface area contributed by atoms with Crippen LogP contribution in [0.15, 0.2) is 102 Å². The van der Waals surface area contributed by atoms with Gasteiger partial charge in [0.15, 0.2) is 17.3 Å². The number of hydrogen-bond donors (Lipinski definition) is 1. The number of unbranched alkanes of at least 4 members (excludes halogenated alkanes) is 2. The number of nitrogens with zero attached hydrogens (tertiary/aromatic N) is 1. The third-order valence-corrected chi connectivity index (χ3v) is 9.44. The number of carbonyl (C=O) groups is 2. The van der Waals surface area contributed by atoms with Gasteiger partial charge in [-0.3, -0.25) is 14.5 Å². The number of Topliss-reactive ketones (excluding diaryl/α,β-unsaturated/α-hetero) is 1. The van der Waals surface area contributed by atoms with Crippen LogP contribution in [0.3, 0.4) is 0 Å². The van der Waals surface area contributed by atoms with Gasteiger partial charge >= 0.3 is 0 Å². The molecule has 1 aliphatic carbocycles. The van der Waals surface area contributed by atoms with Crippen LogP contribution < -0.4 is 19.7 Å². The van der Waals surface area contributed by atoms with Crippen LogP contribution in [0.2, 0.25) is 5.02 Å². The maximum Gasteiger partial charge on any atom is 0.227 e. The lowest BCUT2D eigenvalue weighted by Crippen LogP contribution is -2.38. The van der Waals surface area contributed by atoms with Crippen molar-refractivity contribution in [2.24, 2.45) is 0 Å². The normalized spacial score (nSPS) is 17.2. The summed E-state index contributed by atoms with van der Waals surface area (Å²) >= 11 is 6.08. The molecule has 2 atom stereocenters.